The van der Waals surface area contributed by atoms with Crippen molar-refractivity contribution in [2.45, 2.75) is 31.3 Å². The minimum Gasteiger partial charge on any atom is -0.322 e. The molecule has 7 heteroatoms. The molecule has 1 atom stereocenters. The number of nitrogens with one attached hydrogen (secondary N) is 2. The topological polar surface area (TPSA) is 74.3 Å². The highest BCUT2D eigenvalue weighted by molar-refractivity contribution is 7.07. The number of amides is 3. The minimum absolute atomic E-state index is 0.119. The van der Waals surface area contributed by atoms with Crippen LogP contribution in [0.4, 0.5) is 4.79 Å². The summed E-state index contributed by atoms with van der Waals surface area (Å²) in [7, 11) is 0. The molecule has 0 radical (unpaired) electrons. The second kappa shape index (κ2) is 7.17. The van der Waals surface area contributed by atoms with Gasteiger partial charge in [-0.3, -0.25) is 9.69 Å². The van der Waals surface area contributed by atoms with Gasteiger partial charge in [-0.1, -0.05) is 30.3 Å². The van der Waals surface area contributed by atoms with Crippen LogP contribution in [0.25, 0.3) is 0 Å². The number of aromatic nitrogens is 1. The number of benzene rings is 1. The molecule has 1 aromatic heterocycles. The molecule has 0 aliphatic carbocycles. The van der Waals surface area contributed by atoms with E-state index in [0.29, 0.717) is 6.42 Å². The van der Waals surface area contributed by atoms with Crippen LogP contribution in [0.15, 0.2) is 41.2 Å². The Labute approximate surface area is 156 Å². The fourth-order valence-electron chi connectivity index (χ4n) is 4.04. The number of hydrogen-bond donors (Lipinski definition) is 2. The highest BCUT2D eigenvalue weighted by Crippen LogP contribution is 2.35. The third-order valence-electron chi connectivity index (χ3n) is 5.37. The lowest BCUT2D eigenvalue weighted by Crippen LogP contribution is -2.57. The van der Waals surface area contributed by atoms with Crippen molar-refractivity contribution in [3.05, 3.63) is 52.5 Å². The average Bonchev–Trinajstić information content (AvgIpc) is 3.27. The summed E-state index contributed by atoms with van der Waals surface area (Å²) in [5, 5.41) is 8.31. The second-order valence-electron chi connectivity index (χ2n) is 6.96. The largest absolute Gasteiger partial charge is 0.325 e. The summed E-state index contributed by atoms with van der Waals surface area (Å²) in [6.07, 6.45) is 2.28. The Balaban J connectivity index is 1.66. The van der Waals surface area contributed by atoms with Gasteiger partial charge in [-0.15, -0.1) is 11.3 Å². The molecule has 1 aromatic carbocycles. The molecule has 3 heterocycles. The Morgan fingerprint density at radius 1 is 1.19 bits per heavy atom. The van der Waals surface area contributed by atoms with Crippen LogP contribution in [0.1, 0.15) is 24.1 Å². The fourth-order valence-corrected chi connectivity index (χ4v) is 4.59. The molecule has 3 amide bonds. The van der Waals surface area contributed by atoms with E-state index in [1.54, 1.807) is 5.51 Å². The summed E-state index contributed by atoms with van der Waals surface area (Å²) in [5.74, 6) is 0.00657. The standard InChI is InChI=1S/C19H22N4O2S/c24-17-19(15-6-8-20-9-7-15,10-14-4-2-1-3-5-14)22-18(25)23(17)11-16-12-26-13-21-16/h1-5,12-13,15,20H,6-11H2,(H,22,25). The maximum atomic E-state index is 13.5. The van der Waals surface area contributed by atoms with Crippen LogP contribution in [-0.2, 0) is 17.8 Å². The van der Waals surface area contributed by atoms with Gasteiger partial charge in [0.15, 0.2) is 0 Å². The smallest absolute Gasteiger partial charge is 0.322 e. The van der Waals surface area contributed by atoms with E-state index >= 15 is 0 Å². The van der Waals surface area contributed by atoms with Crippen molar-refractivity contribution in [3.8, 4) is 0 Å². The molecule has 6 nitrogen and oxygen atoms in total. The van der Waals surface area contributed by atoms with Crippen LogP contribution in [0, 0.1) is 5.92 Å². The van der Waals surface area contributed by atoms with E-state index in [-0.39, 0.29) is 24.4 Å². The van der Waals surface area contributed by atoms with Gasteiger partial charge < -0.3 is 10.6 Å². The van der Waals surface area contributed by atoms with Crippen molar-refractivity contribution < 1.29 is 9.59 Å². The zero-order chi connectivity index (χ0) is 18.0. The Morgan fingerprint density at radius 3 is 2.65 bits per heavy atom. The zero-order valence-electron chi connectivity index (χ0n) is 14.5. The summed E-state index contributed by atoms with van der Waals surface area (Å²) < 4.78 is 0. The monoisotopic (exact) mass is 370 g/mol. The van der Waals surface area contributed by atoms with E-state index in [2.05, 4.69) is 15.6 Å². The van der Waals surface area contributed by atoms with Crippen molar-refractivity contribution in [2.24, 2.45) is 5.92 Å². The summed E-state index contributed by atoms with van der Waals surface area (Å²) in [6.45, 7) is 1.97. The average molecular weight is 370 g/mol. The molecule has 26 heavy (non-hydrogen) atoms. The number of nitrogens with zero attached hydrogens (tertiary/aromatic N) is 2. The van der Waals surface area contributed by atoms with E-state index in [4.69, 9.17) is 0 Å². The van der Waals surface area contributed by atoms with Gasteiger partial charge in [-0.05, 0) is 37.4 Å². The Bertz CT molecular complexity index is 774. The number of hydrogen-bond acceptors (Lipinski definition) is 5. The Hall–Kier alpha value is -2.25. The predicted molar refractivity (Wildman–Crippen MR) is 99.7 cm³/mol. The van der Waals surface area contributed by atoms with Crippen LogP contribution in [-0.4, -0.2) is 40.5 Å². The van der Waals surface area contributed by atoms with Gasteiger partial charge in [0.25, 0.3) is 5.91 Å². The zero-order valence-corrected chi connectivity index (χ0v) is 15.3. The summed E-state index contributed by atoms with van der Waals surface area (Å²) >= 11 is 1.47. The minimum atomic E-state index is -0.865. The van der Waals surface area contributed by atoms with Crippen LogP contribution < -0.4 is 10.6 Å². The van der Waals surface area contributed by atoms with Crippen molar-refractivity contribution in [2.75, 3.05) is 13.1 Å². The number of thiazole rings is 1. The lowest BCUT2D eigenvalue weighted by atomic mass is 9.74. The molecular formula is C19H22N4O2S. The lowest BCUT2D eigenvalue weighted by Gasteiger charge is -2.38. The molecule has 4 rings (SSSR count). The van der Waals surface area contributed by atoms with Gasteiger partial charge in [-0.2, -0.15) is 0 Å². The maximum Gasteiger partial charge on any atom is 0.325 e. The van der Waals surface area contributed by atoms with E-state index in [0.717, 1.165) is 37.2 Å². The molecule has 2 aliphatic heterocycles. The van der Waals surface area contributed by atoms with Gasteiger partial charge in [0.05, 0.1) is 17.7 Å². The van der Waals surface area contributed by atoms with Gasteiger partial charge in [0.2, 0.25) is 0 Å². The maximum absolute atomic E-state index is 13.5. The SMILES string of the molecule is O=C1NC(Cc2ccccc2)(C2CCNCC2)C(=O)N1Cc1cscn1. The van der Waals surface area contributed by atoms with Crippen molar-refractivity contribution >= 4 is 23.3 Å². The summed E-state index contributed by atoms with van der Waals surface area (Å²) in [6, 6.07) is 9.64. The highest BCUT2D eigenvalue weighted by atomic mass is 32.1. The van der Waals surface area contributed by atoms with E-state index in [1.165, 1.54) is 16.2 Å². The van der Waals surface area contributed by atoms with E-state index in [1.807, 2.05) is 35.7 Å². The van der Waals surface area contributed by atoms with Crippen molar-refractivity contribution in [1.82, 2.24) is 20.5 Å². The Morgan fingerprint density at radius 2 is 1.96 bits per heavy atom. The molecule has 0 saturated carbocycles. The number of carbonyl (C=O) groups is 2. The lowest BCUT2D eigenvalue weighted by molar-refractivity contribution is -0.134. The number of piperidine rings is 1. The third kappa shape index (κ3) is 3.12. The first-order valence-electron chi connectivity index (χ1n) is 8.95. The predicted octanol–water partition coefficient (Wildman–Crippen LogP) is 2.18. The number of imide groups is 1. The molecule has 1 unspecified atom stereocenters. The normalized spacial score (nSPS) is 24.1. The summed E-state index contributed by atoms with van der Waals surface area (Å²) in [5.41, 5.74) is 2.67. The van der Waals surface area contributed by atoms with Gasteiger partial charge in [0.1, 0.15) is 5.54 Å². The molecule has 2 aliphatic rings. The number of rotatable bonds is 5. The second-order valence-corrected chi connectivity index (χ2v) is 7.68. The van der Waals surface area contributed by atoms with Crippen LogP contribution in [0.5, 0.6) is 0 Å². The third-order valence-corrected chi connectivity index (χ3v) is 6.00. The molecule has 2 saturated heterocycles. The Kier molecular flexibility index (Phi) is 4.74. The first kappa shape index (κ1) is 17.2. The molecule has 136 valence electrons. The first-order valence-corrected chi connectivity index (χ1v) is 9.89. The quantitative estimate of drug-likeness (QED) is 0.791. The fraction of sp³-hybridized carbons (Fsp3) is 0.421. The molecule has 2 N–H and O–H groups in total. The van der Waals surface area contributed by atoms with Gasteiger partial charge in [-0.25, -0.2) is 9.78 Å². The molecular weight excluding hydrogens is 348 g/mol. The van der Waals surface area contributed by atoms with Crippen LogP contribution in [0.2, 0.25) is 0 Å². The molecule has 0 bridgehead atoms. The van der Waals surface area contributed by atoms with E-state index in [9.17, 15) is 9.59 Å². The van der Waals surface area contributed by atoms with Crippen molar-refractivity contribution in [3.63, 3.8) is 0 Å². The summed E-state index contributed by atoms with van der Waals surface area (Å²) in [4.78, 5) is 31.7. The molecule has 0 spiro atoms. The van der Waals surface area contributed by atoms with Gasteiger partial charge in [0, 0.05) is 11.8 Å². The number of urea groups is 1. The highest BCUT2D eigenvalue weighted by Gasteiger charge is 2.55. The number of carbonyl (C=O) groups excluding carboxylic acids is 2. The van der Waals surface area contributed by atoms with E-state index < -0.39 is 5.54 Å². The van der Waals surface area contributed by atoms with Gasteiger partial charge >= 0.3 is 6.03 Å². The first-order chi connectivity index (χ1) is 12.7. The van der Waals surface area contributed by atoms with Crippen LogP contribution in [0.3, 0.4) is 0 Å². The molecule has 2 aromatic rings. The molecule has 2 fully saturated rings. The van der Waals surface area contributed by atoms with Crippen molar-refractivity contribution in [1.29, 1.82) is 0 Å². The van der Waals surface area contributed by atoms with Crippen LogP contribution >= 0.6 is 11.3 Å².